The Labute approximate surface area is 113 Å². The molecule has 2 fully saturated rings. The molecule has 2 atom stereocenters. The van der Waals surface area contributed by atoms with Crippen LogP contribution in [0.3, 0.4) is 0 Å². The minimum absolute atomic E-state index is 0.131. The number of halogens is 1. The summed E-state index contributed by atoms with van der Waals surface area (Å²) in [6.45, 7) is 0.901. The van der Waals surface area contributed by atoms with E-state index in [9.17, 15) is 4.79 Å². The summed E-state index contributed by atoms with van der Waals surface area (Å²) in [7, 11) is 0. The van der Waals surface area contributed by atoms with Gasteiger partial charge in [0.05, 0.1) is 28.3 Å². The van der Waals surface area contributed by atoms with E-state index in [1.807, 2.05) is 9.58 Å². The molecule has 0 saturated carbocycles. The van der Waals surface area contributed by atoms with Crippen molar-refractivity contribution in [2.45, 2.75) is 37.8 Å². The van der Waals surface area contributed by atoms with Crippen molar-refractivity contribution in [1.82, 2.24) is 14.7 Å². The number of hydrogen-bond acceptors (Lipinski definition) is 3. The molecule has 2 unspecified atom stereocenters. The van der Waals surface area contributed by atoms with Crippen LogP contribution in [0.2, 0.25) is 0 Å². The van der Waals surface area contributed by atoms with Crippen LogP contribution in [0.4, 0.5) is 5.82 Å². The Morgan fingerprint density at radius 1 is 1.41 bits per heavy atom. The predicted molar refractivity (Wildman–Crippen MR) is 72.4 cm³/mol. The third-order valence-corrected chi connectivity index (χ3v) is 4.63. The van der Waals surface area contributed by atoms with Crippen LogP contribution in [0.15, 0.2) is 6.20 Å². The van der Waals surface area contributed by atoms with Crippen LogP contribution in [0.25, 0.3) is 0 Å². The van der Waals surface area contributed by atoms with Gasteiger partial charge >= 0.3 is 0 Å². The monoisotopic (exact) mass is 346 g/mol. The summed E-state index contributed by atoms with van der Waals surface area (Å²) in [5.41, 5.74) is 6.01. The summed E-state index contributed by atoms with van der Waals surface area (Å²) >= 11 is 2.18. The van der Waals surface area contributed by atoms with E-state index >= 15 is 0 Å². The van der Waals surface area contributed by atoms with Crippen molar-refractivity contribution in [2.24, 2.45) is 0 Å². The smallest absolute Gasteiger partial charge is 0.225 e. The number of nitrogens with two attached hydrogens (primary N) is 1. The van der Waals surface area contributed by atoms with Crippen LogP contribution in [-0.2, 0) is 4.79 Å². The van der Waals surface area contributed by atoms with E-state index in [2.05, 4.69) is 27.7 Å². The lowest BCUT2D eigenvalue weighted by Crippen LogP contribution is -2.40. The maximum absolute atomic E-state index is 12.0. The normalized spacial score (nSPS) is 28.5. The lowest BCUT2D eigenvalue weighted by Gasteiger charge is -2.32. The van der Waals surface area contributed by atoms with E-state index in [1.54, 1.807) is 6.20 Å². The number of piperidine rings is 1. The number of aromatic nitrogens is 2. The molecular weight excluding hydrogens is 331 g/mol. The van der Waals surface area contributed by atoms with Gasteiger partial charge in [-0.15, -0.1) is 0 Å². The van der Waals surface area contributed by atoms with Crippen LogP contribution in [0.5, 0.6) is 0 Å². The highest BCUT2D eigenvalue weighted by atomic mass is 127. The first-order valence-corrected chi connectivity index (χ1v) is 7.04. The van der Waals surface area contributed by atoms with Gasteiger partial charge in [0.15, 0.2) is 0 Å². The van der Waals surface area contributed by atoms with Gasteiger partial charge in [-0.2, -0.15) is 5.10 Å². The number of hydrogen-bond donors (Lipinski definition) is 1. The van der Waals surface area contributed by atoms with Gasteiger partial charge in [-0.05, 0) is 41.9 Å². The molecule has 3 rings (SSSR count). The standard InChI is InChI=1S/C11H15IN4O/c12-7-6-14-16(11(7)13)9-5-10(17)15-4-2-1-3-8(9)15/h6,8-9H,1-5,13H2. The van der Waals surface area contributed by atoms with Crippen molar-refractivity contribution in [2.75, 3.05) is 12.3 Å². The average Bonchev–Trinajstić information content (AvgIpc) is 2.83. The van der Waals surface area contributed by atoms with Crippen LogP contribution >= 0.6 is 22.6 Å². The molecule has 2 N–H and O–H groups in total. The van der Waals surface area contributed by atoms with E-state index in [4.69, 9.17) is 5.73 Å². The summed E-state index contributed by atoms with van der Waals surface area (Å²) in [5.74, 6) is 0.945. The largest absolute Gasteiger partial charge is 0.383 e. The Balaban J connectivity index is 1.93. The van der Waals surface area contributed by atoms with Crippen LogP contribution in [-0.4, -0.2) is 33.2 Å². The molecule has 3 heterocycles. The second kappa shape index (κ2) is 4.15. The van der Waals surface area contributed by atoms with Gasteiger partial charge in [0, 0.05) is 6.54 Å². The Morgan fingerprint density at radius 3 is 2.94 bits per heavy atom. The molecule has 0 aliphatic carbocycles. The molecule has 92 valence electrons. The molecule has 2 aliphatic rings. The lowest BCUT2D eigenvalue weighted by atomic mass is 9.99. The molecule has 6 heteroatoms. The summed E-state index contributed by atoms with van der Waals surface area (Å²) < 4.78 is 2.81. The minimum Gasteiger partial charge on any atom is -0.383 e. The molecule has 1 amide bonds. The third kappa shape index (κ3) is 1.73. The van der Waals surface area contributed by atoms with Crippen molar-refractivity contribution in [3.05, 3.63) is 9.77 Å². The maximum Gasteiger partial charge on any atom is 0.225 e. The number of nitrogen functional groups attached to an aromatic ring is 1. The number of carbonyl (C=O) groups excluding carboxylic acids is 1. The number of nitrogens with zero attached hydrogens (tertiary/aromatic N) is 3. The molecule has 1 aromatic rings. The number of carbonyl (C=O) groups is 1. The number of anilines is 1. The quantitative estimate of drug-likeness (QED) is 0.782. The fourth-order valence-electron chi connectivity index (χ4n) is 2.96. The Hall–Kier alpha value is -0.790. The SMILES string of the molecule is Nc1c(I)cnn1C1CC(=O)N2CCCCC12. The van der Waals surface area contributed by atoms with Gasteiger partial charge in [0.1, 0.15) is 5.82 Å². The number of rotatable bonds is 1. The molecule has 0 bridgehead atoms. The van der Waals surface area contributed by atoms with Crippen LogP contribution in [0.1, 0.15) is 31.7 Å². The van der Waals surface area contributed by atoms with E-state index in [-0.39, 0.29) is 11.9 Å². The number of amides is 1. The van der Waals surface area contributed by atoms with E-state index < -0.39 is 0 Å². The summed E-state index contributed by atoms with van der Waals surface area (Å²) in [6.07, 6.45) is 5.72. The van der Waals surface area contributed by atoms with E-state index in [1.165, 1.54) is 6.42 Å². The van der Waals surface area contributed by atoms with Crippen molar-refractivity contribution in [1.29, 1.82) is 0 Å². The van der Waals surface area contributed by atoms with Crippen molar-refractivity contribution in [3.8, 4) is 0 Å². The van der Waals surface area contributed by atoms with Gasteiger partial charge in [0.2, 0.25) is 5.91 Å². The average molecular weight is 346 g/mol. The fourth-order valence-corrected chi connectivity index (χ4v) is 3.34. The third-order valence-electron chi connectivity index (χ3n) is 3.80. The molecule has 17 heavy (non-hydrogen) atoms. The topological polar surface area (TPSA) is 64.1 Å². The Morgan fingerprint density at radius 2 is 2.24 bits per heavy atom. The van der Waals surface area contributed by atoms with Crippen molar-refractivity contribution < 1.29 is 4.79 Å². The second-order valence-corrected chi connectivity index (χ2v) is 5.91. The highest BCUT2D eigenvalue weighted by Gasteiger charge is 2.42. The second-order valence-electron chi connectivity index (χ2n) is 4.74. The Bertz CT molecular complexity index is 458. The zero-order chi connectivity index (χ0) is 12.0. The van der Waals surface area contributed by atoms with E-state index in [0.29, 0.717) is 18.3 Å². The van der Waals surface area contributed by atoms with Crippen molar-refractivity contribution in [3.63, 3.8) is 0 Å². The molecule has 2 aliphatic heterocycles. The highest BCUT2D eigenvalue weighted by Crippen LogP contribution is 2.37. The zero-order valence-corrected chi connectivity index (χ0v) is 11.6. The van der Waals surface area contributed by atoms with Gasteiger partial charge in [-0.3, -0.25) is 4.79 Å². The first-order valence-electron chi connectivity index (χ1n) is 5.96. The van der Waals surface area contributed by atoms with Gasteiger partial charge < -0.3 is 10.6 Å². The lowest BCUT2D eigenvalue weighted by molar-refractivity contribution is -0.129. The zero-order valence-electron chi connectivity index (χ0n) is 9.47. The first kappa shape index (κ1) is 11.3. The molecule has 1 aromatic heterocycles. The summed E-state index contributed by atoms with van der Waals surface area (Å²) in [5, 5.41) is 4.33. The predicted octanol–water partition coefficient (Wildman–Crippen LogP) is 1.40. The van der Waals surface area contributed by atoms with Crippen molar-refractivity contribution >= 4 is 34.3 Å². The molecule has 0 radical (unpaired) electrons. The van der Waals surface area contributed by atoms with Crippen LogP contribution < -0.4 is 5.73 Å². The Kier molecular flexibility index (Phi) is 2.76. The molecule has 0 spiro atoms. The fraction of sp³-hybridized carbons (Fsp3) is 0.636. The molecule has 5 nitrogen and oxygen atoms in total. The maximum atomic E-state index is 12.0. The summed E-state index contributed by atoms with van der Waals surface area (Å²) in [4.78, 5) is 14.0. The molecule has 2 saturated heterocycles. The van der Waals surface area contributed by atoms with Gasteiger partial charge in [0.25, 0.3) is 0 Å². The van der Waals surface area contributed by atoms with Gasteiger partial charge in [-0.1, -0.05) is 0 Å². The highest BCUT2D eigenvalue weighted by molar-refractivity contribution is 14.1. The number of fused-ring (bicyclic) bond motifs is 1. The summed E-state index contributed by atoms with van der Waals surface area (Å²) in [6, 6.07) is 0.431. The first-order chi connectivity index (χ1) is 8.18. The van der Waals surface area contributed by atoms with Gasteiger partial charge in [-0.25, -0.2) is 4.68 Å². The van der Waals surface area contributed by atoms with E-state index in [0.717, 1.165) is 23.0 Å². The molecular formula is C11H15IN4O. The molecule has 0 aromatic carbocycles. The minimum atomic E-state index is 0.131. The van der Waals surface area contributed by atoms with Crippen LogP contribution in [0, 0.1) is 3.57 Å².